The van der Waals surface area contributed by atoms with Gasteiger partial charge < -0.3 is 15.8 Å². The van der Waals surface area contributed by atoms with E-state index in [4.69, 9.17) is 10.5 Å². The van der Waals surface area contributed by atoms with E-state index in [1.807, 2.05) is 6.92 Å². The van der Waals surface area contributed by atoms with Crippen molar-refractivity contribution in [3.05, 3.63) is 11.9 Å². The smallest absolute Gasteiger partial charge is 0.158 e. The molecular formula is C15H28N4O. The summed E-state index contributed by atoms with van der Waals surface area (Å²) in [4.78, 5) is 8.66. The summed E-state index contributed by atoms with van der Waals surface area (Å²) in [6.07, 6.45) is 5.90. The van der Waals surface area contributed by atoms with Crippen LogP contribution in [0, 0.1) is 0 Å². The first-order valence-corrected chi connectivity index (χ1v) is 7.67. The maximum absolute atomic E-state index is 5.83. The average Bonchev–Trinajstić information content (AvgIpc) is 2.42. The molecule has 5 nitrogen and oxygen atoms in total. The lowest BCUT2D eigenvalue weighted by atomic mass is 10.1. The predicted molar refractivity (Wildman–Crippen MR) is 83.6 cm³/mol. The van der Waals surface area contributed by atoms with Crippen LogP contribution in [0.3, 0.4) is 0 Å². The summed E-state index contributed by atoms with van der Waals surface area (Å²) in [5.74, 6) is 1.93. The Morgan fingerprint density at radius 3 is 2.65 bits per heavy atom. The Morgan fingerprint density at radius 1 is 1.20 bits per heavy atom. The summed E-state index contributed by atoms with van der Waals surface area (Å²) >= 11 is 0. The van der Waals surface area contributed by atoms with Crippen LogP contribution in [-0.2, 0) is 11.3 Å². The molecule has 1 aromatic heterocycles. The zero-order chi connectivity index (χ0) is 14.8. The molecule has 0 amide bonds. The Balaban J connectivity index is 2.69. The van der Waals surface area contributed by atoms with E-state index in [9.17, 15) is 0 Å². The van der Waals surface area contributed by atoms with Crippen molar-refractivity contribution in [2.24, 2.45) is 0 Å². The number of anilines is 2. The minimum absolute atomic E-state index is 0.406. The maximum atomic E-state index is 5.83. The van der Waals surface area contributed by atoms with Gasteiger partial charge in [0.05, 0.1) is 0 Å². The molecule has 0 fully saturated rings. The van der Waals surface area contributed by atoms with Gasteiger partial charge in [-0.25, -0.2) is 9.97 Å². The van der Waals surface area contributed by atoms with Crippen LogP contribution < -0.4 is 11.1 Å². The van der Waals surface area contributed by atoms with Crippen molar-refractivity contribution in [3.63, 3.8) is 0 Å². The van der Waals surface area contributed by atoms with Crippen molar-refractivity contribution in [2.75, 3.05) is 17.7 Å². The van der Waals surface area contributed by atoms with Gasteiger partial charge in [-0.2, -0.15) is 0 Å². The number of unbranched alkanes of at least 4 members (excludes halogenated alkanes) is 1. The Morgan fingerprint density at radius 2 is 2.00 bits per heavy atom. The number of hydrogen-bond donors (Lipinski definition) is 2. The molecule has 0 radical (unpaired) electrons. The molecule has 1 heterocycles. The Labute approximate surface area is 122 Å². The highest BCUT2D eigenvalue weighted by Gasteiger charge is 2.10. The highest BCUT2D eigenvalue weighted by molar-refractivity contribution is 5.45. The second-order valence-corrected chi connectivity index (χ2v) is 5.00. The largest absolute Gasteiger partial charge is 0.384 e. The highest BCUT2D eigenvalue weighted by Crippen LogP contribution is 2.15. The molecule has 1 aromatic rings. The average molecular weight is 280 g/mol. The van der Waals surface area contributed by atoms with Crippen LogP contribution in [0.15, 0.2) is 6.07 Å². The van der Waals surface area contributed by atoms with E-state index in [1.165, 1.54) is 12.8 Å². The number of ether oxygens (including phenoxy) is 1. The lowest BCUT2D eigenvalue weighted by Gasteiger charge is -2.19. The topological polar surface area (TPSA) is 73.1 Å². The van der Waals surface area contributed by atoms with Crippen LogP contribution in [0.2, 0.25) is 0 Å². The summed E-state index contributed by atoms with van der Waals surface area (Å²) < 4.78 is 5.34. The molecule has 0 saturated carbocycles. The molecule has 1 atom stereocenters. The van der Waals surface area contributed by atoms with Crippen LogP contribution in [0.4, 0.5) is 11.6 Å². The standard InChI is InChI=1S/C15H28N4O/c1-4-7-9-12(8-5-2)17-14-10-13(16)18-15(19-14)11-20-6-3/h10,12H,4-9,11H2,1-3H3,(H3,16,17,18,19). The van der Waals surface area contributed by atoms with E-state index in [0.717, 1.165) is 25.1 Å². The molecule has 0 saturated heterocycles. The summed E-state index contributed by atoms with van der Waals surface area (Å²) in [6.45, 7) is 7.42. The first-order valence-electron chi connectivity index (χ1n) is 7.67. The lowest BCUT2D eigenvalue weighted by Crippen LogP contribution is -2.20. The van der Waals surface area contributed by atoms with E-state index in [-0.39, 0.29) is 0 Å². The van der Waals surface area contributed by atoms with Gasteiger partial charge in [0, 0.05) is 18.7 Å². The molecule has 0 spiro atoms. The van der Waals surface area contributed by atoms with E-state index in [1.54, 1.807) is 6.07 Å². The monoisotopic (exact) mass is 280 g/mol. The van der Waals surface area contributed by atoms with Gasteiger partial charge >= 0.3 is 0 Å². The maximum Gasteiger partial charge on any atom is 0.158 e. The van der Waals surface area contributed by atoms with Crippen LogP contribution in [0.5, 0.6) is 0 Å². The number of aromatic nitrogens is 2. The van der Waals surface area contributed by atoms with Gasteiger partial charge in [-0.05, 0) is 19.8 Å². The lowest BCUT2D eigenvalue weighted by molar-refractivity contribution is 0.128. The van der Waals surface area contributed by atoms with E-state index in [2.05, 4.69) is 29.1 Å². The molecule has 0 aliphatic heterocycles. The van der Waals surface area contributed by atoms with Crippen molar-refractivity contribution < 1.29 is 4.74 Å². The third-order valence-electron chi connectivity index (χ3n) is 3.12. The van der Waals surface area contributed by atoms with E-state index < -0.39 is 0 Å². The summed E-state index contributed by atoms with van der Waals surface area (Å²) in [7, 11) is 0. The summed E-state index contributed by atoms with van der Waals surface area (Å²) in [5, 5.41) is 3.49. The normalized spacial score (nSPS) is 12.3. The van der Waals surface area contributed by atoms with Crippen molar-refractivity contribution in [1.29, 1.82) is 0 Å². The van der Waals surface area contributed by atoms with Crippen LogP contribution in [-0.4, -0.2) is 22.6 Å². The van der Waals surface area contributed by atoms with Crippen LogP contribution in [0.25, 0.3) is 0 Å². The van der Waals surface area contributed by atoms with Gasteiger partial charge in [-0.15, -0.1) is 0 Å². The van der Waals surface area contributed by atoms with Crippen molar-refractivity contribution in [3.8, 4) is 0 Å². The third kappa shape index (κ3) is 6.19. The Kier molecular flexibility index (Phi) is 7.95. The molecule has 5 heteroatoms. The molecule has 20 heavy (non-hydrogen) atoms. The van der Waals surface area contributed by atoms with Gasteiger partial charge in [0.25, 0.3) is 0 Å². The van der Waals surface area contributed by atoms with Crippen molar-refractivity contribution >= 4 is 11.6 Å². The molecule has 0 aromatic carbocycles. The fourth-order valence-electron chi connectivity index (χ4n) is 2.15. The number of nitrogens with one attached hydrogen (secondary N) is 1. The van der Waals surface area contributed by atoms with Gasteiger partial charge in [0.15, 0.2) is 5.82 Å². The van der Waals surface area contributed by atoms with Gasteiger partial charge in [-0.3, -0.25) is 0 Å². The molecular weight excluding hydrogens is 252 g/mol. The van der Waals surface area contributed by atoms with E-state index >= 15 is 0 Å². The highest BCUT2D eigenvalue weighted by atomic mass is 16.5. The number of nitrogens with two attached hydrogens (primary N) is 1. The molecule has 3 N–H and O–H groups in total. The molecule has 0 bridgehead atoms. The van der Waals surface area contributed by atoms with Crippen LogP contribution in [0.1, 0.15) is 58.7 Å². The summed E-state index contributed by atoms with van der Waals surface area (Å²) in [5.41, 5.74) is 5.83. The van der Waals surface area contributed by atoms with Crippen molar-refractivity contribution in [1.82, 2.24) is 9.97 Å². The molecule has 1 rings (SSSR count). The zero-order valence-corrected chi connectivity index (χ0v) is 13.0. The fourth-order valence-corrected chi connectivity index (χ4v) is 2.15. The molecule has 114 valence electrons. The first kappa shape index (κ1) is 16.7. The van der Waals surface area contributed by atoms with Gasteiger partial charge in [0.2, 0.25) is 0 Å². The Hall–Kier alpha value is -1.36. The molecule has 1 unspecified atom stereocenters. The summed E-state index contributed by atoms with van der Waals surface area (Å²) in [6, 6.07) is 2.25. The SMILES string of the molecule is CCCCC(CCC)Nc1cc(N)nc(COCC)n1. The second kappa shape index (κ2) is 9.53. The third-order valence-corrected chi connectivity index (χ3v) is 3.12. The van der Waals surface area contributed by atoms with Crippen LogP contribution >= 0.6 is 0 Å². The molecule has 0 aliphatic carbocycles. The number of hydrogen-bond acceptors (Lipinski definition) is 5. The second-order valence-electron chi connectivity index (χ2n) is 5.00. The van der Waals surface area contributed by atoms with Gasteiger partial charge in [-0.1, -0.05) is 33.1 Å². The minimum Gasteiger partial charge on any atom is -0.384 e. The Bertz CT molecular complexity index is 384. The number of nitrogens with zero attached hydrogens (tertiary/aromatic N) is 2. The number of nitrogen functional groups attached to an aromatic ring is 1. The number of rotatable bonds is 10. The predicted octanol–water partition coefficient (Wildman–Crippen LogP) is 3.37. The van der Waals surface area contributed by atoms with Crippen molar-refractivity contribution in [2.45, 2.75) is 65.5 Å². The first-order chi connectivity index (χ1) is 9.69. The van der Waals surface area contributed by atoms with Gasteiger partial charge in [0.1, 0.15) is 18.2 Å². The van der Waals surface area contributed by atoms with E-state index in [0.29, 0.717) is 30.9 Å². The fraction of sp³-hybridized carbons (Fsp3) is 0.733. The zero-order valence-electron chi connectivity index (χ0n) is 13.0. The minimum atomic E-state index is 0.406. The molecule has 0 aliphatic rings. The quantitative estimate of drug-likeness (QED) is 0.687.